The molecular formula is C23H20N2O2. The van der Waals surface area contributed by atoms with Crippen LogP contribution in [0.1, 0.15) is 23.8 Å². The average molecular weight is 356 g/mol. The molecule has 0 bridgehead atoms. The van der Waals surface area contributed by atoms with E-state index in [1.54, 1.807) is 6.07 Å². The predicted octanol–water partition coefficient (Wildman–Crippen LogP) is 5.36. The molecule has 0 unspecified atom stereocenters. The summed E-state index contributed by atoms with van der Waals surface area (Å²) >= 11 is 0. The van der Waals surface area contributed by atoms with Crippen LogP contribution in [0.15, 0.2) is 70.7 Å². The van der Waals surface area contributed by atoms with Crippen molar-refractivity contribution in [2.24, 2.45) is 0 Å². The highest BCUT2D eigenvalue weighted by molar-refractivity contribution is 6.09. The van der Waals surface area contributed by atoms with Gasteiger partial charge in [-0.3, -0.25) is 4.79 Å². The molecule has 1 heterocycles. The molecule has 1 aromatic heterocycles. The Morgan fingerprint density at radius 2 is 1.78 bits per heavy atom. The Kier molecular flexibility index (Phi) is 5.53. The van der Waals surface area contributed by atoms with Gasteiger partial charge >= 0.3 is 0 Å². The van der Waals surface area contributed by atoms with E-state index in [9.17, 15) is 10.1 Å². The van der Waals surface area contributed by atoms with Crippen molar-refractivity contribution in [2.75, 3.05) is 5.32 Å². The van der Waals surface area contributed by atoms with E-state index in [-0.39, 0.29) is 5.57 Å². The first-order chi connectivity index (χ1) is 13.1. The maximum atomic E-state index is 12.4. The Morgan fingerprint density at radius 3 is 2.41 bits per heavy atom. The van der Waals surface area contributed by atoms with Gasteiger partial charge in [-0.05, 0) is 43.2 Å². The number of anilines is 1. The standard InChI is InChI=1S/C23H20N2O2/c1-3-17-6-10-20(11-7-17)25-23(26)19(15-24)14-21-12-13-22(27-21)18-8-4-16(2)5-9-18/h4-14H,3H2,1-2H3,(H,25,26)/b19-14+. The number of nitrogens with zero attached hydrogens (tertiary/aromatic N) is 1. The lowest BCUT2D eigenvalue weighted by molar-refractivity contribution is -0.112. The van der Waals surface area contributed by atoms with Crippen LogP contribution in [0, 0.1) is 18.3 Å². The summed E-state index contributed by atoms with van der Waals surface area (Å²) < 4.78 is 5.77. The van der Waals surface area contributed by atoms with Gasteiger partial charge in [-0.25, -0.2) is 0 Å². The third-order valence-corrected chi connectivity index (χ3v) is 4.23. The first-order valence-electron chi connectivity index (χ1n) is 8.78. The van der Waals surface area contributed by atoms with Crippen LogP contribution < -0.4 is 5.32 Å². The number of aryl methyl sites for hydroxylation is 2. The maximum Gasteiger partial charge on any atom is 0.266 e. The fourth-order valence-corrected chi connectivity index (χ4v) is 2.62. The molecule has 0 aliphatic heterocycles. The van der Waals surface area contributed by atoms with Crippen LogP contribution in [-0.4, -0.2) is 5.91 Å². The lowest BCUT2D eigenvalue weighted by atomic mass is 10.1. The highest BCUT2D eigenvalue weighted by Crippen LogP contribution is 2.24. The van der Waals surface area contributed by atoms with Crippen LogP contribution in [0.3, 0.4) is 0 Å². The molecule has 0 aliphatic rings. The minimum atomic E-state index is -0.463. The summed E-state index contributed by atoms with van der Waals surface area (Å²) in [6.07, 6.45) is 2.38. The second-order valence-corrected chi connectivity index (χ2v) is 6.24. The average Bonchev–Trinajstić information content (AvgIpc) is 3.16. The molecule has 0 radical (unpaired) electrons. The molecule has 1 amide bonds. The lowest BCUT2D eigenvalue weighted by Crippen LogP contribution is -2.13. The van der Waals surface area contributed by atoms with Gasteiger partial charge in [0.15, 0.2) is 0 Å². The number of furan rings is 1. The van der Waals surface area contributed by atoms with Crippen molar-refractivity contribution in [3.63, 3.8) is 0 Å². The van der Waals surface area contributed by atoms with Crippen molar-refractivity contribution in [1.82, 2.24) is 0 Å². The van der Waals surface area contributed by atoms with Crippen molar-refractivity contribution < 1.29 is 9.21 Å². The monoisotopic (exact) mass is 356 g/mol. The summed E-state index contributed by atoms with van der Waals surface area (Å²) in [5.74, 6) is 0.683. The molecule has 4 heteroatoms. The fraction of sp³-hybridized carbons (Fsp3) is 0.130. The normalized spacial score (nSPS) is 11.1. The lowest BCUT2D eigenvalue weighted by Gasteiger charge is -2.05. The minimum Gasteiger partial charge on any atom is -0.457 e. The third kappa shape index (κ3) is 4.53. The van der Waals surface area contributed by atoms with Crippen molar-refractivity contribution in [3.05, 3.63) is 83.1 Å². The number of nitrogens with one attached hydrogen (secondary N) is 1. The molecule has 0 aliphatic carbocycles. The number of hydrogen-bond donors (Lipinski definition) is 1. The first kappa shape index (κ1) is 18.2. The van der Waals surface area contributed by atoms with E-state index in [0.717, 1.165) is 12.0 Å². The second-order valence-electron chi connectivity index (χ2n) is 6.24. The number of nitriles is 1. The van der Waals surface area contributed by atoms with E-state index in [0.29, 0.717) is 17.2 Å². The summed E-state index contributed by atoms with van der Waals surface area (Å²) in [4.78, 5) is 12.4. The van der Waals surface area contributed by atoms with E-state index in [1.807, 2.05) is 67.6 Å². The summed E-state index contributed by atoms with van der Waals surface area (Å²) in [5, 5.41) is 12.1. The number of rotatable bonds is 5. The predicted molar refractivity (Wildman–Crippen MR) is 107 cm³/mol. The Balaban J connectivity index is 1.76. The van der Waals surface area contributed by atoms with Crippen LogP contribution in [-0.2, 0) is 11.2 Å². The van der Waals surface area contributed by atoms with Gasteiger partial charge in [0.25, 0.3) is 5.91 Å². The van der Waals surface area contributed by atoms with Crippen LogP contribution in [0.4, 0.5) is 5.69 Å². The highest BCUT2D eigenvalue weighted by atomic mass is 16.3. The minimum absolute atomic E-state index is 0.0145. The van der Waals surface area contributed by atoms with Gasteiger partial charge in [0.1, 0.15) is 23.2 Å². The summed E-state index contributed by atoms with van der Waals surface area (Å²) in [7, 11) is 0. The zero-order valence-corrected chi connectivity index (χ0v) is 15.3. The molecule has 0 saturated carbocycles. The second kappa shape index (κ2) is 8.20. The van der Waals surface area contributed by atoms with E-state index in [1.165, 1.54) is 17.2 Å². The summed E-state index contributed by atoms with van der Waals surface area (Å²) in [6, 6.07) is 21.0. The number of hydrogen-bond acceptors (Lipinski definition) is 3. The molecule has 0 fully saturated rings. The SMILES string of the molecule is CCc1ccc(NC(=O)/C(C#N)=C/c2ccc(-c3ccc(C)cc3)o2)cc1. The van der Waals surface area contributed by atoms with Crippen LogP contribution >= 0.6 is 0 Å². The summed E-state index contributed by atoms with van der Waals surface area (Å²) in [5.41, 5.74) is 3.93. The first-order valence-corrected chi connectivity index (χ1v) is 8.78. The zero-order chi connectivity index (χ0) is 19.2. The molecule has 134 valence electrons. The van der Waals surface area contributed by atoms with E-state index < -0.39 is 5.91 Å². The van der Waals surface area contributed by atoms with Gasteiger partial charge in [-0.1, -0.05) is 48.9 Å². The Labute approximate surface area is 158 Å². The molecule has 1 N–H and O–H groups in total. The van der Waals surface area contributed by atoms with Gasteiger partial charge in [0.2, 0.25) is 0 Å². The smallest absolute Gasteiger partial charge is 0.266 e. The van der Waals surface area contributed by atoms with Crippen LogP contribution in [0.2, 0.25) is 0 Å². The third-order valence-electron chi connectivity index (χ3n) is 4.23. The molecule has 0 atom stereocenters. The van der Waals surface area contributed by atoms with Crippen molar-refractivity contribution in [2.45, 2.75) is 20.3 Å². The van der Waals surface area contributed by atoms with Crippen molar-refractivity contribution in [3.8, 4) is 17.4 Å². The number of carbonyl (C=O) groups excluding carboxylic acids is 1. The molecule has 0 spiro atoms. The zero-order valence-electron chi connectivity index (χ0n) is 15.3. The van der Waals surface area contributed by atoms with Crippen molar-refractivity contribution in [1.29, 1.82) is 5.26 Å². The number of carbonyl (C=O) groups is 1. The molecule has 4 nitrogen and oxygen atoms in total. The van der Waals surface area contributed by atoms with Crippen molar-refractivity contribution >= 4 is 17.7 Å². The maximum absolute atomic E-state index is 12.4. The van der Waals surface area contributed by atoms with Gasteiger partial charge in [0, 0.05) is 17.3 Å². The Morgan fingerprint density at radius 1 is 1.07 bits per heavy atom. The largest absolute Gasteiger partial charge is 0.457 e. The quantitative estimate of drug-likeness (QED) is 0.494. The van der Waals surface area contributed by atoms with E-state index >= 15 is 0 Å². The molecule has 2 aromatic carbocycles. The molecule has 3 aromatic rings. The number of amides is 1. The Bertz CT molecular complexity index is 1000. The van der Waals surface area contributed by atoms with Crippen LogP contribution in [0.5, 0.6) is 0 Å². The molecule has 27 heavy (non-hydrogen) atoms. The topological polar surface area (TPSA) is 66.0 Å². The van der Waals surface area contributed by atoms with E-state index in [2.05, 4.69) is 12.2 Å². The fourth-order valence-electron chi connectivity index (χ4n) is 2.62. The van der Waals surface area contributed by atoms with Gasteiger partial charge < -0.3 is 9.73 Å². The highest BCUT2D eigenvalue weighted by Gasteiger charge is 2.11. The molecular weight excluding hydrogens is 336 g/mol. The Hall–Kier alpha value is -3.58. The van der Waals surface area contributed by atoms with Gasteiger partial charge in [0.05, 0.1) is 0 Å². The summed E-state index contributed by atoms with van der Waals surface area (Å²) in [6.45, 7) is 4.09. The van der Waals surface area contributed by atoms with Crippen LogP contribution in [0.25, 0.3) is 17.4 Å². The van der Waals surface area contributed by atoms with E-state index in [4.69, 9.17) is 4.42 Å². The molecule has 3 rings (SSSR count). The molecule has 0 saturated heterocycles. The van der Waals surface area contributed by atoms with Gasteiger partial charge in [-0.2, -0.15) is 5.26 Å². The van der Waals surface area contributed by atoms with Gasteiger partial charge in [-0.15, -0.1) is 0 Å². The number of benzene rings is 2.